The second-order valence-electron chi connectivity index (χ2n) is 5.44. The zero-order valence-electron chi connectivity index (χ0n) is 13.8. The Morgan fingerprint density at radius 3 is 2.52 bits per heavy atom. The fraction of sp³-hybridized carbons (Fsp3) is 0.167. The number of imidazole rings is 1. The van der Waals surface area contributed by atoms with Gasteiger partial charge in [0.25, 0.3) is 5.91 Å². The second kappa shape index (κ2) is 7.36. The summed E-state index contributed by atoms with van der Waals surface area (Å²) in [4.78, 5) is 21.1. The standard InChI is InChI=1S/C18H17ClN4O2/c1-23-10-9-20-17(23)16(12-3-6-14(19)7-4-12)22-18(24)13-5-8-15(25-2)21-11-13/h3-11,16H,1-2H3,(H,22,24)/t16-/m0/s1. The number of hydrogen-bond donors (Lipinski definition) is 1. The van der Waals surface area contributed by atoms with Crippen molar-refractivity contribution in [3.8, 4) is 5.88 Å². The molecule has 1 N–H and O–H groups in total. The number of ether oxygens (including phenoxy) is 1. The molecule has 0 saturated carbocycles. The Balaban J connectivity index is 1.90. The van der Waals surface area contributed by atoms with Crippen LogP contribution in [-0.4, -0.2) is 27.6 Å². The van der Waals surface area contributed by atoms with E-state index < -0.39 is 6.04 Å². The number of carbonyl (C=O) groups excluding carboxylic acids is 1. The summed E-state index contributed by atoms with van der Waals surface area (Å²) < 4.78 is 6.88. The molecule has 0 saturated heterocycles. The maximum absolute atomic E-state index is 12.6. The van der Waals surface area contributed by atoms with Gasteiger partial charge in [-0.1, -0.05) is 23.7 Å². The van der Waals surface area contributed by atoms with Crippen LogP contribution in [0.5, 0.6) is 5.88 Å². The quantitative estimate of drug-likeness (QED) is 0.763. The van der Waals surface area contributed by atoms with Crippen LogP contribution in [0.2, 0.25) is 5.02 Å². The Labute approximate surface area is 150 Å². The maximum atomic E-state index is 12.6. The molecular formula is C18H17ClN4O2. The minimum Gasteiger partial charge on any atom is -0.481 e. The lowest BCUT2D eigenvalue weighted by Gasteiger charge is -2.19. The van der Waals surface area contributed by atoms with E-state index in [1.807, 2.05) is 29.9 Å². The van der Waals surface area contributed by atoms with Crippen molar-refractivity contribution in [2.24, 2.45) is 7.05 Å². The predicted octanol–water partition coefficient (Wildman–Crippen LogP) is 3.00. The van der Waals surface area contributed by atoms with Crippen molar-refractivity contribution in [1.82, 2.24) is 19.9 Å². The highest BCUT2D eigenvalue weighted by atomic mass is 35.5. The lowest BCUT2D eigenvalue weighted by atomic mass is 10.1. The number of amides is 1. The van der Waals surface area contributed by atoms with E-state index in [0.29, 0.717) is 16.5 Å². The average molecular weight is 357 g/mol. The molecule has 0 fully saturated rings. The number of benzene rings is 1. The zero-order valence-corrected chi connectivity index (χ0v) is 14.6. The van der Waals surface area contributed by atoms with E-state index in [2.05, 4.69) is 15.3 Å². The molecule has 0 aliphatic carbocycles. The average Bonchev–Trinajstić information content (AvgIpc) is 3.06. The van der Waals surface area contributed by atoms with Gasteiger partial charge >= 0.3 is 0 Å². The number of aromatic nitrogens is 3. The van der Waals surface area contributed by atoms with Gasteiger partial charge in [0.15, 0.2) is 0 Å². The van der Waals surface area contributed by atoms with Crippen molar-refractivity contribution in [3.05, 3.63) is 77.0 Å². The fourth-order valence-corrected chi connectivity index (χ4v) is 2.58. The monoisotopic (exact) mass is 356 g/mol. The van der Waals surface area contributed by atoms with Crippen molar-refractivity contribution in [2.45, 2.75) is 6.04 Å². The molecule has 3 aromatic rings. The van der Waals surface area contributed by atoms with E-state index in [0.717, 1.165) is 11.4 Å². The Morgan fingerprint density at radius 2 is 1.96 bits per heavy atom. The molecule has 0 aliphatic heterocycles. The van der Waals surface area contributed by atoms with E-state index in [-0.39, 0.29) is 5.91 Å². The van der Waals surface area contributed by atoms with Gasteiger partial charge in [0.05, 0.1) is 12.7 Å². The molecule has 1 aromatic carbocycles. The van der Waals surface area contributed by atoms with E-state index in [1.165, 1.54) is 13.3 Å². The number of aryl methyl sites for hydroxylation is 1. The van der Waals surface area contributed by atoms with Gasteiger partial charge in [-0.3, -0.25) is 4.79 Å². The molecule has 2 aromatic heterocycles. The van der Waals surface area contributed by atoms with Gasteiger partial charge in [-0.15, -0.1) is 0 Å². The number of carbonyl (C=O) groups is 1. The number of rotatable bonds is 5. The highest BCUT2D eigenvalue weighted by Gasteiger charge is 2.21. The van der Waals surface area contributed by atoms with Gasteiger partial charge < -0.3 is 14.6 Å². The van der Waals surface area contributed by atoms with Gasteiger partial charge in [0.1, 0.15) is 11.9 Å². The topological polar surface area (TPSA) is 69.0 Å². The predicted molar refractivity (Wildman–Crippen MR) is 94.8 cm³/mol. The largest absolute Gasteiger partial charge is 0.481 e. The molecule has 1 atom stereocenters. The normalized spacial score (nSPS) is 11.8. The first-order valence-electron chi connectivity index (χ1n) is 7.62. The Kier molecular flexibility index (Phi) is 5.00. The van der Waals surface area contributed by atoms with Crippen LogP contribution in [0.25, 0.3) is 0 Å². The van der Waals surface area contributed by atoms with Gasteiger partial charge in [-0.05, 0) is 23.8 Å². The van der Waals surface area contributed by atoms with Crippen LogP contribution in [0, 0.1) is 0 Å². The molecule has 128 valence electrons. The van der Waals surface area contributed by atoms with Crippen molar-refractivity contribution < 1.29 is 9.53 Å². The Bertz CT molecular complexity index is 860. The molecule has 0 radical (unpaired) electrons. The molecule has 6 nitrogen and oxygen atoms in total. The number of halogens is 1. The summed E-state index contributed by atoms with van der Waals surface area (Å²) in [6.45, 7) is 0. The molecule has 0 bridgehead atoms. The SMILES string of the molecule is COc1ccc(C(=O)N[C@@H](c2ccc(Cl)cc2)c2nccn2C)cn1. The van der Waals surface area contributed by atoms with Gasteiger partial charge in [0, 0.05) is 36.7 Å². The first-order chi connectivity index (χ1) is 12.1. The minimum absolute atomic E-state index is 0.252. The molecule has 7 heteroatoms. The summed E-state index contributed by atoms with van der Waals surface area (Å²) in [5, 5.41) is 3.64. The lowest BCUT2D eigenvalue weighted by molar-refractivity contribution is 0.0940. The zero-order chi connectivity index (χ0) is 17.8. The summed E-state index contributed by atoms with van der Waals surface area (Å²) in [6, 6.07) is 10.2. The summed E-state index contributed by atoms with van der Waals surface area (Å²) in [5.41, 5.74) is 1.32. The van der Waals surface area contributed by atoms with Crippen LogP contribution in [0.3, 0.4) is 0 Å². The highest BCUT2D eigenvalue weighted by molar-refractivity contribution is 6.30. The van der Waals surface area contributed by atoms with Crippen LogP contribution in [-0.2, 0) is 7.05 Å². The third-order valence-electron chi connectivity index (χ3n) is 3.80. The molecule has 2 heterocycles. The van der Waals surface area contributed by atoms with Crippen molar-refractivity contribution in [2.75, 3.05) is 7.11 Å². The van der Waals surface area contributed by atoms with E-state index in [1.54, 1.807) is 30.5 Å². The van der Waals surface area contributed by atoms with Crippen molar-refractivity contribution in [1.29, 1.82) is 0 Å². The number of hydrogen-bond acceptors (Lipinski definition) is 4. The molecule has 0 unspecified atom stereocenters. The summed E-state index contributed by atoms with van der Waals surface area (Å²) in [7, 11) is 3.41. The first-order valence-corrected chi connectivity index (χ1v) is 8.00. The molecular weight excluding hydrogens is 340 g/mol. The second-order valence-corrected chi connectivity index (χ2v) is 5.88. The van der Waals surface area contributed by atoms with Crippen LogP contribution in [0.15, 0.2) is 55.0 Å². The molecule has 1 amide bonds. The third-order valence-corrected chi connectivity index (χ3v) is 4.06. The minimum atomic E-state index is -0.410. The Morgan fingerprint density at radius 1 is 1.20 bits per heavy atom. The summed E-state index contributed by atoms with van der Waals surface area (Å²) in [6.07, 6.45) is 5.00. The molecule has 3 rings (SSSR count). The fourth-order valence-electron chi connectivity index (χ4n) is 2.46. The maximum Gasteiger partial charge on any atom is 0.253 e. The van der Waals surface area contributed by atoms with Gasteiger partial charge in [0.2, 0.25) is 5.88 Å². The van der Waals surface area contributed by atoms with Crippen molar-refractivity contribution in [3.63, 3.8) is 0 Å². The third kappa shape index (κ3) is 3.80. The number of nitrogens with one attached hydrogen (secondary N) is 1. The van der Waals surface area contributed by atoms with Crippen LogP contribution < -0.4 is 10.1 Å². The van der Waals surface area contributed by atoms with Crippen LogP contribution >= 0.6 is 11.6 Å². The number of nitrogens with zero attached hydrogens (tertiary/aromatic N) is 3. The lowest BCUT2D eigenvalue weighted by Crippen LogP contribution is -2.31. The first kappa shape index (κ1) is 17.0. The number of pyridine rings is 1. The van der Waals surface area contributed by atoms with E-state index >= 15 is 0 Å². The summed E-state index contributed by atoms with van der Waals surface area (Å²) in [5.74, 6) is 0.921. The van der Waals surface area contributed by atoms with Crippen molar-refractivity contribution >= 4 is 17.5 Å². The highest BCUT2D eigenvalue weighted by Crippen LogP contribution is 2.23. The molecule has 0 spiro atoms. The van der Waals surface area contributed by atoms with Gasteiger partial charge in [-0.2, -0.15) is 0 Å². The molecule has 25 heavy (non-hydrogen) atoms. The number of methoxy groups -OCH3 is 1. The van der Waals surface area contributed by atoms with E-state index in [4.69, 9.17) is 16.3 Å². The summed E-state index contributed by atoms with van der Waals surface area (Å²) >= 11 is 5.97. The Hall–Kier alpha value is -2.86. The van der Waals surface area contributed by atoms with Crippen LogP contribution in [0.1, 0.15) is 27.8 Å². The van der Waals surface area contributed by atoms with Gasteiger partial charge in [-0.25, -0.2) is 9.97 Å². The van der Waals surface area contributed by atoms with Crippen LogP contribution in [0.4, 0.5) is 0 Å². The molecule has 0 aliphatic rings. The smallest absolute Gasteiger partial charge is 0.253 e. The van der Waals surface area contributed by atoms with E-state index in [9.17, 15) is 4.79 Å².